The molecule has 5 heteroatoms. The molecule has 97 valence electrons. The number of carbonyl (C=O) groups is 1. The Hall–Kier alpha value is -1.91. The average molecular weight is 249 g/mol. The van der Waals surface area contributed by atoms with Crippen LogP contribution in [0.5, 0.6) is 0 Å². The number of hydrogen-bond acceptors (Lipinski definition) is 3. The van der Waals surface area contributed by atoms with Crippen molar-refractivity contribution >= 4 is 11.6 Å². The van der Waals surface area contributed by atoms with E-state index >= 15 is 0 Å². The molecular weight excluding hydrogens is 232 g/mol. The fourth-order valence-corrected chi connectivity index (χ4v) is 1.76. The van der Waals surface area contributed by atoms with Gasteiger partial charge in [0.2, 0.25) is 5.91 Å². The molecular formula is C13H17N2O3. The Kier molecular flexibility index (Phi) is 4.42. The molecule has 1 rings (SSSR count). The van der Waals surface area contributed by atoms with E-state index in [0.29, 0.717) is 12.0 Å². The van der Waals surface area contributed by atoms with Crippen molar-refractivity contribution < 1.29 is 9.72 Å². The zero-order valence-corrected chi connectivity index (χ0v) is 10.6. The molecule has 0 bridgehead atoms. The van der Waals surface area contributed by atoms with Crippen LogP contribution in [0.2, 0.25) is 0 Å². The highest BCUT2D eigenvalue weighted by atomic mass is 16.6. The van der Waals surface area contributed by atoms with Crippen LogP contribution < -0.4 is 5.32 Å². The molecule has 1 aromatic carbocycles. The lowest BCUT2D eigenvalue weighted by molar-refractivity contribution is -0.386. The highest BCUT2D eigenvalue weighted by molar-refractivity contribution is 5.77. The maximum absolute atomic E-state index is 11.6. The summed E-state index contributed by atoms with van der Waals surface area (Å²) in [7, 11) is 0. The largest absolute Gasteiger partial charge is 0.347 e. The Labute approximate surface area is 106 Å². The first-order valence-corrected chi connectivity index (χ1v) is 5.78. The molecule has 1 aromatic rings. The van der Waals surface area contributed by atoms with Crippen molar-refractivity contribution in [3.8, 4) is 0 Å². The summed E-state index contributed by atoms with van der Waals surface area (Å²) in [6.07, 6.45) is 1.10. The van der Waals surface area contributed by atoms with Crippen molar-refractivity contribution in [2.75, 3.05) is 0 Å². The summed E-state index contributed by atoms with van der Waals surface area (Å²) in [5.41, 5.74) is -0.637. The van der Waals surface area contributed by atoms with E-state index in [1.165, 1.54) is 6.07 Å². The van der Waals surface area contributed by atoms with Gasteiger partial charge in [-0.2, -0.15) is 0 Å². The van der Waals surface area contributed by atoms with Crippen molar-refractivity contribution in [3.05, 3.63) is 46.9 Å². The predicted octanol–water partition coefficient (Wildman–Crippen LogP) is 2.56. The summed E-state index contributed by atoms with van der Waals surface area (Å²) in [4.78, 5) is 22.1. The summed E-state index contributed by atoms with van der Waals surface area (Å²) in [6, 6.07) is 6.30. The van der Waals surface area contributed by atoms with Gasteiger partial charge < -0.3 is 5.32 Å². The van der Waals surface area contributed by atoms with Crippen molar-refractivity contribution in [2.24, 2.45) is 0 Å². The molecule has 0 fully saturated rings. The van der Waals surface area contributed by atoms with Gasteiger partial charge in [-0.15, -0.1) is 0 Å². The van der Waals surface area contributed by atoms with Gasteiger partial charge in [0.15, 0.2) is 0 Å². The van der Waals surface area contributed by atoms with Gasteiger partial charge in [0.05, 0.1) is 16.0 Å². The van der Waals surface area contributed by atoms with Crippen LogP contribution in [-0.2, 0) is 10.3 Å². The Morgan fingerprint density at radius 3 is 2.67 bits per heavy atom. The van der Waals surface area contributed by atoms with Crippen LogP contribution in [0.25, 0.3) is 0 Å². The number of nitrogens with one attached hydrogen (secondary N) is 1. The SMILES string of the molecule is [CH2]C(C)(NC(=O)CCC)c1ccccc1[N+](=O)[O-]. The minimum absolute atomic E-state index is 0.0354. The third-order valence-electron chi connectivity index (χ3n) is 2.59. The van der Waals surface area contributed by atoms with Crippen LogP contribution in [0, 0.1) is 17.0 Å². The van der Waals surface area contributed by atoms with Crippen molar-refractivity contribution in [1.29, 1.82) is 0 Å². The number of amides is 1. The first kappa shape index (κ1) is 14.2. The molecule has 18 heavy (non-hydrogen) atoms. The summed E-state index contributed by atoms with van der Waals surface area (Å²) in [5, 5.41) is 13.7. The van der Waals surface area contributed by atoms with E-state index in [1.54, 1.807) is 25.1 Å². The highest BCUT2D eigenvalue weighted by Crippen LogP contribution is 2.28. The Bertz CT molecular complexity index is 455. The van der Waals surface area contributed by atoms with Crippen LogP contribution in [0.1, 0.15) is 32.3 Å². The number of carbonyl (C=O) groups excluding carboxylic acids is 1. The molecule has 0 saturated heterocycles. The first-order valence-electron chi connectivity index (χ1n) is 5.78. The second-order valence-corrected chi connectivity index (χ2v) is 4.40. The van der Waals surface area contributed by atoms with E-state index in [0.717, 1.165) is 6.42 Å². The lowest BCUT2D eigenvalue weighted by Gasteiger charge is -2.26. The van der Waals surface area contributed by atoms with Crippen molar-refractivity contribution in [2.45, 2.75) is 32.2 Å². The van der Waals surface area contributed by atoms with Crippen LogP contribution in [0.4, 0.5) is 5.69 Å². The number of nitro benzene ring substituents is 1. The fourth-order valence-electron chi connectivity index (χ4n) is 1.76. The Morgan fingerprint density at radius 1 is 1.50 bits per heavy atom. The lowest BCUT2D eigenvalue weighted by atomic mass is 9.92. The van der Waals surface area contributed by atoms with Gasteiger partial charge in [0.25, 0.3) is 5.69 Å². The Morgan fingerprint density at radius 2 is 2.11 bits per heavy atom. The van der Waals surface area contributed by atoms with E-state index in [4.69, 9.17) is 0 Å². The second kappa shape index (κ2) is 5.62. The molecule has 1 amide bonds. The van der Waals surface area contributed by atoms with Crippen LogP contribution in [0.15, 0.2) is 24.3 Å². The topological polar surface area (TPSA) is 72.2 Å². The first-order chi connectivity index (χ1) is 8.38. The fraction of sp³-hybridized carbons (Fsp3) is 0.385. The average Bonchev–Trinajstić information content (AvgIpc) is 2.28. The number of rotatable bonds is 5. The zero-order valence-electron chi connectivity index (χ0n) is 10.6. The smallest absolute Gasteiger partial charge is 0.274 e. The van der Waals surface area contributed by atoms with Gasteiger partial charge in [-0.3, -0.25) is 14.9 Å². The summed E-state index contributed by atoms with van der Waals surface area (Å²) in [5.74, 6) is -0.159. The second-order valence-electron chi connectivity index (χ2n) is 4.40. The molecule has 0 aromatic heterocycles. The van der Waals surface area contributed by atoms with Gasteiger partial charge >= 0.3 is 0 Å². The quantitative estimate of drug-likeness (QED) is 0.643. The van der Waals surface area contributed by atoms with Gasteiger partial charge in [0, 0.05) is 12.5 Å². The highest BCUT2D eigenvalue weighted by Gasteiger charge is 2.29. The maximum Gasteiger partial charge on any atom is 0.274 e. The van der Waals surface area contributed by atoms with Gasteiger partial charge in [0.1, 0.15) is 0 Å². The van der Waals surface area contributed by atoms with Crippen molar-refractivity contribution in [1.82, 2.24) is 5.32 Å². The van der Waals surface area contributed by atoms with Crippen LogP contribution >= 0.6 is 0 Å². The summed E-state index contributed by atoms with van der Waals surface area (Å²) < 4.78 is 0. The van der Waals surface area contributed by atoms with E-state index in [2.05, 4.69) is 12.2 Å². The molecule has 1 unspecified atom stereocenters. The number of nitro groups is 1. The predicted molar refractivity (Wildman–Crippen MR) is 68.9 cm³/mol. The molecule has 5 nitrogen and oxygen atoms in total. The lowest BCUT2D eigenvalue weighted by Crippen LogP contribution is -2.41. The summed E-state index contributed by atoms with van der Waals surface area (Å²) >= 11 is 0. The third-order valence-corrected chi connectivity index (χ3v) is 2.59. The Balaban J connectivity index is 3.04. The maximum atomic E-state index is 11.6. The van der Waals surface area contributed by atoms with Crippen LogP contribution in [0.3, 0.4) is 0 Å². The summed E-state index contributed by atoms with van der Waals surface area (Å²) in [6.45, 7) is 7.42. The van der Waals surface area contributed by atoms with E-state index in [-0.39, 0.29) is 11.6 Å². The third kappa shape index (κ3) is 3.29. The van der Waals surface area contributed by atoms with E-state index < -0.39 is 10.5 Å². The molecule has 0 aliphatic carbocycles. The van der Waals surface area contributed by atoms with Gasteiger partial charge in [-0.05, 0) is 26.3 Å². The molecule has 1 N–H and O–H groups in total. The standard InChI is InChI=1S/C13H17N2O3/c1-4-7-12(16)14-13(2,3)10-8-5-6-9-11(10)15(17)18/h5-6,8-9H,2,4,7H2,1,3H3,(H,14,16). The van der Waals surface area contributed by atoms with Crippen molar-refractivity contribution in [3.63, 3.8) is 0 Å². The van der Waals surface area contributed by atoms with Crippen LogP contribution in [-0.4, -0.2) is 10.8 Å². The van der Waals surface area contributed by atoms with E-state index in [9.17, 15) is 14.9 Å². The van der Waals surface area contributed by atoms with E-state index in [1.807, 2.05) is 6.92 Å². The molecule has 0 saturated carbocycles. The molecule has 1 atom stereocenters. The minimum atomic E-state index is -1.00. The number of para-hydroxylation sites is 1. The molecule has 0 aliphatic heterocycles. The minimum Gasteiger partial charge on any atom is -0.347 e. The zero-order chi connectivity index (χ0) is 13.8. The number of hydrogen-bond donors (Lipinski definition) is 1. The molecule has 1 radical (unpaired) electrons. The molecule has 0 heterocycles. The number of nitrogens with zero attached hydrogens (tertiary/aromatic N) is 1. The monoisotopic (exact) mass is 249 g/mol. The molecule has 0 aliphatic rings. The van der Waals surface area contributed by atoms with Gasteiger partial charge in [-0.25, -0.2) is 0 Å². The van der Waals surface area contributed by atoms with Gasteiger partial charge in [-0.1, -0.05) is 19.1 Å². The number of benzene rings is 1. The normalized spacial score (nSPS) is 11.1. The molecule has 0 spiro atoms.